The molecule has 0 saturated carbocycles. The molecule has 0 aliphatic carbocycles. The number of aliphatic hydroxyl groups is 5. The molecule has 1 amide bonds. The molecular weight excluding hydrogens is 971 g/mol. The third-order valence-corrected chi connectivity index (χ3v) is 16.8. The second-order valence-electron chi connectivity index (χ2n) is 24.3. The van der Waals surface area contributed by atoms with Crippen LogP contribution in [0.5, 0.6) is 0 Å². The normalized spacial score (nSPS) is 18.7. The summed E-state index contributed by atoms with van der Waals surface area (Å²) in [6.45, 7) is 3.84. The number of nitrogens with one attached hydrogen (secondary N) is 1. The van der Waals surface area contributed by atoms with Crippen LogP contribution in [0.4, 0.5) is 0 Å². The van der Waals surface area contributed by atoms with Crippen molar-refractivity contribution in [3.05, 3.63) is 24.3 Å². The van der Waals surface area contributed by atoms with Crippen LogP contribution in [0, 0.1) is 0 Å². The number of allylic oxidation sites excluding steroid dienone is 3. The predicted molar refractivity (Wildman–Crippen MR) is 332 cm³/mol. The van der Waals surface area contributed by atoms with Crippen molar-refractivity contribution in [3.63, 3.8) is 0 Å². The quantitative estimate of drug-likeness (QED) is 0.0261. The molecular formula is C69H133NO8. The second kappa shape index (κ2) is 58.9. The molecule has 1 heterocycles. The van der Waals surface area contributed by atoms with Gasteiger partial charge in [0.15, 0.2) is 6.29 Å². The molecule has 1 fully saturated rings. The Morgan fingerprint density at radius 3 is 1.04 bits per heavy atom. The van der Waals surface area contributed by atoms with Crippen LogP contribution in [0.25, 0.3) is 0 Å². The van der Waals surface area contributed by atoms with Crippen LogP contribution in [-0.2, 0) is 14.3 Å². The maximum atomic E-state index is 13.1. The van der Waals surface area contributed by atoms with E-state index in [1.54, 1.807) is 6.08 Å². The molecule has 7 atom stereocenters. The number of amides is 1. The van der Waals surface area contributed by atoms with Gasteiger partial charge in [-0.05, 0) is 44.9 Å². The van der Waals surface area contributed by atoms with Crippen molar-refractivity contribution in [2.45, 2.75) is 397 Å². The number of rotatable bonds is 61. The van der Waals surface area contributed by atoms with Crippen molar-refractivity contribution in [1.82, 2.24) is 5.32 Å². The van der Waals surface area contributed by atoms with E-state index in [-0.39, 0.29) is 12.5 Å². The number of hydrogen-bond acceptors (Lipinski definition) is 8. The first-order valence-corrected chi connectivity index (χ1v) is 34.6. The highest BCUT2D eigenvalue weighted by atomic mass is 16.7. The summed E-state index contributed by atoms with van der Waals surface area (Å²) in [5.74, 6) is -0.169. The maximum absolute atomic E-state index is 13.1. The highest BCUT2D eigenvalue weighted by Crippen LogP contribution is 2.23. The fourth-order valence-corrected chi connectivity index (χ4v) is 11.3. The summed E-state index contributed by atoms with van der Waals surface area (Å²) in [5.41, 5.74) is 0. The van der Waals surface area contributed by atoms with Crippen molar-refractivity contribution in [2.24, 2.45) is 0 Å². The summed E-state index contributed by atoms with van der Waals surface area (Å²) in [6, 6.07) is -0.804. The lowest BCUT2D eigenvalue weighted by Crippen LogP contribution is -2.60. The van der Waals surface area contributed by atoms with Gasteiger partial charge in [0.1, 0.15) is 24.4 Å². The van der Waals surface area contributed by atoms with Crippen molar-refractivity contribution >= 4 is 5.91 Å². The molecule has 1 aliphatic heterocycles. The molecule has 0 radical (unpaired) electrons. The largest absolute Gasteiger partial charge is 0.394 e. The zero-order valence-corrected chi connectivity index (χ0v) is 51.7. The Balaban J connectivity index is 2.14. The second-order valence-corrected chi connectivity index (χ2v) is 24.3. The van der Waals surface area contributed by atoms with Crippen molar-refractivity contribution in [3.8, 4) is 0 Å². The van der Waals surface area contributed by atoms with E-state index < -0.39 is 49.5 Å². The third-order valence-electron chi connectivity index (χ3n) is 16.8. The molecule has 7 unspecified atom stereocenters. The molecule has 1 rings (SSSR count). The zero-order valence-electron chi connectivity index (χ0n) is 51.7. The van der Waals surface area contributed by atoms with Gasteiger partial charge in [0, 0.05) is 6.42 Å². The monoisotopic (exact) mass is 1100 g/mol. The van der Waals surface area contributed by atoms with Gasteiger partial charge in [0.25, 0.3) is 0 Å². The fraction of sp³-hybridized carbons (Fsp3) is 0.928. The van der Waals surface area contributed by atoms with Gasteiger partial charge < -0.3 is 40.3 Å². The van der Waals surface area contributed by atoms with E-state index in [1.807, 2.05) is 6.08 Å². The van der Waals surface area contributed by atoms with Crippen molar-refractivity contribution in [2.75, 3.05) is 13.2 Å². The molecule has 1 aliphatic rings. The van der Waals surface area contributed by atoms with Gasteiger partial charge in [-0.3, -0.25) is 4.79 Å². The lowest BCUT2D eigenvalue weighted by atomic mass is 9.99. The standard InChI is InChI=1S/C69H133NO8/c1-3-5-7-9-11-13-15-17-19-21-23-25-27-29-31-33-34-36-38-40-42-44-46-48-50-52-54-56-58-63(72)62(61-77-69-68(76)67(75)66(74)64(60-71)78-69)70-65(73)59-57-55-53-51-49-47-45-43-41-39-37-35-32-30-28-26-24-22-20-18-16-14-12-10-8-6-4-2/h22,24,56,58,62-64,66-69,71-72,74-76H,3-21,23,25-55,57,59-61H2,1-2H3,(H,70,73)/b24-22-,58-56+. The Hall–Kier alpha value is -1.33. The molecule has 0 aromatic carbocycles. The summed E-state index contributed by atoms with van der Waals surface area (Å²) in [5, 5.41) is 54.8. The lowest BCUT2D eigenvalue weighted by Gasteiger charge is -2.40. The van der Waals surface area contributed by atoms with Crippen LogP contribution in [0.1, 0.15) is 354 Å². The molecule has 0 spiro atoms. The van der Waals surface area contributed by atoms with Gasteiger partial charge in [0.2, 0.25) is 5.91 Å². The van der Waals surface area contributed by atoms with E-state index in [0.29, 0.717) is 6.42 Å². The van der Waals surface area contributed by atoms with Gasteiger partial charge in [0.05, 0.1) is 25.4 Å². The smallest absolute Gasteiger partial charge is 0.220 e. The Labute approximate surface area is 483 Å². The highest BCUT2D eigenvalue weighted by molar-refractivity contribution is 5.76. The van der Waals surface area contributed by atoms with Gasteiger partial charge >= 0.3 is 0 Å². The molecule has 1 saturated heterocycles. The van der Waals surface area contributed by atoms with Gasteiger partial charge in [-0.2, -0.15) is 0 Å². The average Bonchev–Trinajstić information content (AvgIpc) is 3.45. The Morgan fingerprint density at radius 2 is 0.718 bits per heavy atom. The number of aliphatic hydroxyl groups excluding tert-OH is 5. The molecule has 78 heavy (non-hydrogen) atoms. The van der Waals surface area contributed by atoms with Crippen molar-refractivity contribution in [1.29, 1.82) is 0 Å². The van der Waals surface area contributed by atoms with Gasteiger partial charge in [-0.25, -0.2) is 0 Å². The number of carbonyl (C=O) groups excluding carboxylic acids is 1. The molecule has 0 bridgehead atoms. The minimum atomic E-state index is -1.57. The van der Waals surface area contributed by atoms with E-state index in [0.717, 1.165) is 38.5 Å². The zero-order chi connectivity index (χ0) is 56.5. The van der Waals surface area contributed by atoms with Gasteiger partial charge in [-0.15, -0.1) is 0 Å². The molecule has 0 aromatic heterocycles. The third kappa shape index (κ3) is 47.2. The average molecular weight is 1100 g/mol. The summed E-state index contributed by atoms with van der Waals surface area (Å²) >= 11 is 0. The molecule has 9 nitrogen and oxygen atoms in total. The van der Waals surface area contributed by atoms with E-state index in [9.17, 15) is 30.3 Å². The summed E-state index contributed by atoms with van der Waals surface area (Å²) in [6.07, 6.45) is 69.9. The van der Waals surface area contributed by atoms with Crippen LogP contribution < -0.4 is 5.32 Å². The number of unbranched alkanes of at least 4 members (excludes halogenated alkanes) is 49. The van der Waals surface area contributed by atoms with Crippen LogP contribution in [0.15, 0.2) is 24.3 Å². The lowest BCUT2D eigenvalue weighted by molar-refractivity contribution is -0.302. The highest BCUT2D eigenvalue weighted by Gasteiger charge is 2.44. The SMILES string of the molecule is CCCCCCCCCC/C=C\CCCCCCCCCCCCCCCCCC(=O)NC(COC1OC(CO)C(O)C(O)C1O)C(O)/C=C/CCCCCCCCCCCCCCCCCCCCCCCCCCCC. The Kier molecular flexibility index (Phi) is 56.3. The van der Waals surface area contributed by atoms with Crippen LogP contribution in [0.3, 0.4) is 0 Å². The first-order chi connectivity index (χ1) is 38.3. The van der Waals surface area contributed by atoms with Crippen LogP contribution in [0.2, 0.25) is 0 Å². The van der Waals surface area contributed by atoms with E-state index in [4.69, 9.17) is 9.47 Å². The minimum Gasteiger partial charge on any atom is -0.394 e. The number of hydrogen-bond donors (Lipinski definition) is 6. The number of ether oxygens (including phenoxy) is 2. The van der Waals surface area contributed by atoms with Crippen molar-refractivity contribution < 1.29 is 39.8 Å². The summed E-state index contributed by atoms with van der Waals surface area (Å²) < 4.78 is 11.3. The first kappa shape index (κ1) is 74.7. The molecule has 6 N–H and O–H groups in total. The molecule has 0 aromatic rings. The van der Waals surface area contributed by atoms with Crippen LogP contribution >= 0.6 is 0 Å². The van der Waals surface area contributed by atoms with E-state index >= 15 is 0 Å². The summed E-state index contributed by atoms with van der Waals surface area (Å²) in [4.78, 5) is 13.1. The Bertz CT molecular complexity index is 1280. The molecule has 462 valence electrons. The maximum Gasteiger partial charge on any atom is 0.220 e. The van der Waals surface area contributed by atoms with E-state index in [1.165, 1.54) is 295 Å². The molecule has 9 heteroatoms. The Morgan fingerprint density at radius 1 is 0.423 bits per heavy atom. The predicted octanol–water partition coefficient (Wildman–Crippen LogP) is 18.5. The minimum absolute atomic E-state index is 0.169. The summed E-state index contributed by atoms with van der Waals surface area (Å²) in [7, 11) is 0. The fourth-order valence-electron chi connectivity index (χ4n) is 11.3. The van der Waals surface area contributed by atoms with Crippen LogP contribution in [-0.4, -0.2) is 87.5 Å². The topological polar surface area (TPSA) is 149 Å². The van der Waals surface area contributed by atoms with E-state index in [2.05, 4.69) is 31.3 Å². The first-order valence-electron chi connectivity index (χ1n) is 34.6. The van der Waals surface area contributed by atoms with Gasteiger partial charge in [-0.1, -0.05) is 327 Å². The number of carbonyl (C=O) groups is 1.